The molecule has 8 nitrogen and oxygen atoms in total. The first kappa shape index (κ1) is 20.4. The maximum atomic E-state index is 12.9. The van der Waals surface area contributed by atoms with E-state index in [9.17, 15) is 8.42 Å². The number of benzene rings is 2. The molecule has 4 rings (SSSR count). The van der Waals surface area contributed by atoms with E-state index in [2.05, 4.69) is 10.3 Å². The Labute approximate surface area is 175 Å². The van der Waals surface area contributed by atoms with Gasteiger partial charge in [-0.1, -0.05) is 0 Å². The molecule has 0 aliphatic carbocycles. The van der Waals surface area contributed by atoms with E-state index in [1.807, 2.05) is 18.2 Å². The molecule has 1 aliphatic heterocycles. The minimum Gasteiger partial charge on any atom is -0.497 e. The summed E-state index contributed by atoms with van der Waals surface area (Å²) in [5, 5.41) is 3.98. The number of nitrogens with one attached hydrogen (secondary N) is 1. The third-order valence-electron chi connectivity index (χ3n) is 4.89. The molecule has 1 saturated heterocycles. The maximum absolute atomic E-state index is 12.9. The standard InChI is InChI=1S/C21H23N3O5S/c1-27-17-12-16(13-18(14-17)28-2)22-21-6-3-15-11-19(4-5-20(15)23-21)30(25,26)24-7-9-29-10-8-24/h3-6,11-14H,7-10H2,1-2H3,(H,22,23). The molecule has 9 heteroatoms. The molecule has 0 unspecified atom stereocenters. The van der Waals surface area contributed by atoms with Crippen LogP contribution in [-0.2, 0) is 14.8 Å². The number of hydrogen-bond donors (Lipinski definition) is 1. The molecule has 158 valence electrons. The van der Waals surface area contributed by atoms with Gasteiger partial charge >= 0.3 is 0 Å². The lowest BCUT2D eigenvalue weighted by molar-refractivity contribution is 0.0730. The van der Waals surface area contributed by atoms with Crippen LogP contribution in [0.4, 0.5) is 11.5 Å². The predicted octanol–water partition coefficient (Wildman–Crippen LogP) is 3.02. The van der Waals surface area contributed by atoms with Gasteiger partial charge in [0.1, 0.15) is 17.3 Å². The normalized spacial score (nSPS) is 15.1. The van der Waals surface area contributed by atoms with Crippen LogP contribution in [0.1, 0.15) is 0 Å². The van der Waals surface area contributed by atoms with E-state index in [1.165, 1.54) is 4.31 Å². The summed E-state index contributed by atoms with van der Waals surface area (Å²) in [6, 6.07) is 14.1. The highest BCUT2D eigenvalue weighted by Crippen LogP contribution is 2.29. The molecule has 1 N–H and O–H groups in total. The third-order valence-corrected chi connectivity index (χ3v) is 6.79. The molecule has 1 aromatic heterocycles. The Morgan fingerprint density at radius 3 is 2.33 bits per heavy atom. The van der Waals surface area contributed by atoms with Gasteiger partial charge in [0.05, 0.1) is 37.8 Å². The number of anilines is 2. The first-order chi connectivity index (χ1) is 14.5. The smallest absolute Gasteiger partial charge is 0.243 e. The largest absolute Gasteiger partial charge is 0.497 e. The van der Waals surface area contributed by atoms with Crippen LogP contribution in [0.3, 0.4) is 0 Å². The number of pyridine rings is 1. The van der Waals surface area contributed by atoms with E-state index < -0.39 is 10.0 Å². The third kappa shape index (κ3) is 4.18. The van der Waals surface area contributed by atoms with Crippen molar-refractivity contribution in [3.63, 3.8) is 0 Å². The molecule has 0 saturated carbocycles. The lowest BCUT2D eigenvalue weighted by Crippen LogP contribution is -2.40. The van der Waals surface area contributed by atoms with Gasteiger partial charge in [-0.2, -0.15) is 4.31 Å². The molecule has 3 aromatic rings. The Hall–Kier alpha value is -2.88. The van der Waals surface area contributed by atoms with Gasteiger partial charge in [-0.25, -0.2) is 13.4 Å². The molecule has 0 atom stereocenters. The second-order valence-electron chi connectivity index (χ2n) is 6.79. The molecule has 0 spiro atoms. The van der Waals surface area contributed by atoms with E-state index >= 15 is 0 Å². The zero-order chi connectivity index (χ0) is 21.1. The minimum absolute atomic E-state index is 0.261. The number of sulfonamides is 1. The number of ether oxygens (including phenoxy) is 3. The van der Waals surface area contributed by atoms with Crippen molar-refractivity contribution >= 4 is 32.4 Å². The summed E-state index contributed by atoms with van der Waals surface area (Å²) in [5.74, 6) is 1.95. The fraction of sp³-hybridized carbons (Fsp3) is 0.286. The van der Waals surface area contributed by atoms with Crippen molar-refractivity contribution in [1.29, 1.82) is 0 Å². The Bertz CT molecular complexity index is 1140. The lowest BCUT2D eigenvalue weighted by Gasteiger charge is -2.26. The second kappa shape index (κ2) is 8.47. The molecule has 30 heavy (non-hydrogen) atoms. The number of nitrogens with zero attached hydrogens (tertiary/aromatic N) is 2. The summed E-state index contributed by atoms with van der Waals surface area (Å²) < 4.78 is 43.0. The summed E-state index contributed by atoms with van der Waals surface area (Å²) in [5.41, 5.74) is 1.46. The van der Waals surface area contributed by atoms with Gasteiger partial charge in [0, 0.05) is 42.4 Å². The number of methoxy groups -OCH3 is 2. The Morgan fingerprint density at radius 2 is 1.67 bits per heavy atom. The topological polar surface area (TPSA) is 90.0 Å². The van der Waals surface area contributed by atoms with Gasteiger partial charge < -0.3 is 19.5 Å². The summed E-state index contributed by atoms with van der Waals surface area (Å²) in [6.07, 6.45) is 0. The van der Waals surface area contributed by atoms with Crippen molar-refractivity contribution in [3.8, 4) is 11.5 Å². The predicted molar refractivity (Wildman–Crippen MR) is 114 cm³/mol. The fourth-order valence-corrected chi connectivity index (χ4v) is 4.74. The Kier molecular flexibility index (Phi) is 5.76. The quantitative estimate of drug-likeness (QED) is 0.644. The van der Waals surface area contributed by atoms with Crippen LogP contribution in [0.2, 0.25) is 0 Å². The van der Waals surface area contributed by atoms with Gasteiger partial charge in [-0.15, -0.1) is 0 Å². The molecule has 2 aromatic carbocycles. The van der Waals surface area contributed by atoms with Crippen LogP contribution in [0.15, 0.2) is 53.4 Å². The maximum Gasteiger partial charge on any atom is 0.243 e. The van der Waals surface area contributed by atoms with Crippen LogP contribution in [0.25, 0.3) is 10.9 Å². The summed E-state index contributed by atoms with van der Waals surface area (Å²) in [7, 11) is -0.360. The van der Waals surface area contributed by atoms with Crippen molar-refractivity contribution in [2.75, 3.05) is 45.8 Å². The number of rotatable bonds is 6. The first-order valence-electron chi connectivity index (χ1n) is 9.48. The second-order valence-corrected chi connectivity index (χ2v) is 8.73. The molecule has 0 amide bonds. The van der Waals surface area contributed by atoms with Crippen LogP contribution >= 0.6 is 0 Å². The summed E-state index contributed by atoms with van der Waals surface area (Å²) in [6.45, 7) is 1.56. The van der Waals surface area contributed by atoms with Gasteiger partial charge in [-0.05, 0) is 30.3 Å². The van der Waals surface area contributed by atoms with E-state index in [1.54, 1.807) is 44.6 Å². The van der Waals surface area contributed by atoms with E-state index in [-0.39, 0.29) is 4.90 Å². The number of morpholine rings is 1. The zero-order valence-corrected chi connectivity index (χ0v) is 17.6. The van der Waals surface area contributed by atoms with Crippen LogP contribution in [-0.4, -0.2) is 58.2 Å². The lowest BCUT2D eigenvalue weighted by atomic mass is 10.2. The highest BCUT2D eigenvalue weighted by Gasteiger charge is 2.26. The monoisotopic (exact) mass is 429 g/mol. The van der Waals surface area contributed by atoms with Gasteiger partial charge in [0.25, 0.3) is 0 Å². The average molecular weight is 429 g/mol. The van der Waals surface area contributed by atoms with Crippen LogP contribution in [0, 0.1) is 0 Å². The highest BCUT2D eigenvalue weighted by atomic mass is 32.2. The van der Waals surface area contributed by atoms with Crippen molar-refractivity contribution in [2.24, 2.45) is 0 Å². The number of fused-ring (bicyclic) bond motifs is 1. The van der Waals surface area contributed by atoms with Gasteiger partial charge in [0.15, 0.2) is 0 Å². The molecular formula is C21H23N3O5S. The molecule has 0 bridgehead atoms. The molecule has 1 fully saturated rings. The number of hydrogen-bond acceptors (Lipinski definition) is 7. The van der Waals surface area contributed by atoms with Crippen LogP contribution in [0.5, 0.6) is 11.5 Å². The van der Waals surface area contributed by atoms with Gasteiger partial charge in [0.2, 0.25) is 10.0 Å². The highest BCUT2D eigenvalue weighted by molar-refractivity contribution is 7.89. The summed E-state index contributed by atoms with van der Waals surface area (Å²) in [4.78, 5) is 4.86. The van der Waals surface area contributed by atoms with Crippen molar-refractivity contribution in [2.45, 2.75) is 4.90 Å². The summed E-state index contributed by atoms with van der Waals surface area (Å²) >= 11 is 0. The fourth-order valence-electron chi connectivity index (χ4n) is 3.30. The first-order valence-corrected chi connectivity index (χ1v) is 10.9. The molecule has 0 radical (unpaired) electrons. The Morgan fingerprint density at radius 1 is 0.967 bits per heavy atom. The molecule has 2 heterocycles. The van der Waals surface area contributed by atoms with E-state index in [4.69, 9.17) is 14.2 Å². The van der Waals surface area contributed by atoms with E-state index in [0.29, 0.717) is 49.1 Å². The van der Waals surface area contributed by atoms with Crippen molar-refractivity contribution in [1.82, 2.24) is 9.29 Å². The molecule has 1 aliphatic rings. The van der Waals surface area contributed by atoms with Crippen LogP contribution < -0.4 is 14.8 Å². The average Bonchev–Trinajstić information content (AvgIpc) is 2.79. The SMILES string of the molecule is COc1cc(Nc2ccc3cc(S(=O)(=O)N4CCOCC4)ccc3n2)cc(OC)c1. The van der Waals surface area contributed by atoms with Crippen molar-refractivity contribution < 1.29 is 22.6 Å². The minimum atomic E-state index is -3.55. The zero-order valence-electron chi connectivity index (χ0n) is 16.8. The van der Waals surface area contributed by atoms with E-state index in [0.717, 1.165) is 11.1 Å². The Balaban J connectivity index is 1.61. The van der Waals surface area contributed by atoms with Crippen molar-refractivity contribution in [3.05, 3.63) is 48.5 Å². The van der Waals surface area contributed by atoms with Gasteiger partial charge in [-0.3, -0.25) is 0 Å². The number of aromatic nitrogens is 1. The molecular weight excluding hydrogens is 406 g/mol.